The molecule has 1 amide bonds. The highest BCUT2D eigenvalue weighted by Gasteiger charge is 2.38. The van der Waals surface area contributed by atoms with Gasteiger partial charge in [0.15, 0.2) is 0 Å². The number of fused-ring (bicyclic) bond motifs is 1. The van der Waals surface area contributed by atoms with Gasteiger partial charge in [0.2, 0.25) is 0 Å². The molecule has 130 valence electrons. The third-order valence-corrected chi connectivity index (χ3v) is 4.66. The van der Waals surface area contributed by atoms with Crippen molar-refractivity contribution in [2.45, 2.75) is 6.17 Å². The van der Waals surface area contributed by atoms with Gasteiger partial charge in [0, 0.05) is 23.0 Å². The van der Waals surface area contributed by atoms with E-state index in [0.29, 0.717) is 22.1 Å². The predicted octanol–water partition coefficient (Wildman–Crippen LogP) is 5.30. The van der Waals surface area contributed by atoms with Gasteiger partial charge in [0.25, 0.3) is 5.91 Å². The molecule has 0 saturated heterocycles. The van der Waals surface area contributed by atoms with E-state index in [2.05, 4.69) is 10.3 Å². The molecule has 0 bridgehead atoms. The lowest BCUT2D eigenvalue weighted by atomic mass is 10.1. The maximum atomic E-state index is 13.4. The summed E-state index contributed by atoms with van der Waals surface area (Å²) in [4.78, 5) is 18.7. The first-order valence-electron chi connectivity index (χ1n) is 7.80. The highest BCUT2D eigenvalue weighted by atomic mass is 35.5. The molecule has 2 aromatic carbocycles. The Bertz CT molecular complexity index is 994. The van der Waals surface area contributed by atoms with Gasteiger partial charge in [-0.1, -0.05) is 41.4 Å². The Balaban J connectivity index is 1.77. The Morgan fingerprint density at radius 3 is 2.62 bits per heavy atom. The van der Waals surface area contributed by atoms with Crippen LogP contribution in [0.25, 0.3) is 0 Å². The van der Waals surface area contributed by atoms with Gasteiger partial charge in [-0.25, -0.2) is 9.37 Å². The summed E-state index contributed by atoms with van der Waals surface area (Å²) in [5.41, 5.74) is 1.97. The number of aromatic nitrogens is 1. The molecule has 3 aromatic rings. The number of rotatable bonds is 3. The van der Waals surface area contributed by atoms with Crippen molar-refractivity contribution in [3.05, 3.63) is 87.8 Å². The minimum Gasteiger partial charge on any atom is -0.361 e. The molecule has 1 aliphatic heterocycles. The number of hydrogen-bond donors (Lipinski definition) is 1. The minimum atomic E-state index is -0.506. The second-order valence-corrected chi connectivity index (χ2v) is 6.62. The van der Waals surface area contributed by atoms with Crippen LogP contribution >= 0.6 is 23.2 Å². The van der Waals surface area contributed by atoms with Gasteiger partial charge in [-0.05, 0) is 36.4 Å². The molecule has 1 atom stereocenters. The highest BCUT2D eigenvalue weighted by Crippen LogP contribution is 2.37. The number of pyridine rings is 1. The lowest BCUT2D eigenvalue weighted by molar-refractivity contribution is 0.0992. The maximum Gasteiger partial charge on any atom is 0.261 e. The van der Waals surface area contributed by atoms with Crippen LogP contribution in [0.5, 0.6) is 0 Å². The Morgan fingerprint density at radius 1 is 1.08 bits per heavy atom. The zero-order valence-corrected chi connectivity index (χ0v) is 14.8. The van der Waals surface area contributed by atoms with Crippen LogP contribution in [-0.4, -0.2) is 10.9 Å². The van der Waals surface area contributed by atoms with Crippen molar-refractivity contribution < 1.29 is 9.18 Å². The highest BCUT2D eigenvalue weighted by molar-refractivity contribution is 6.31. The summed E-state index contributed by atoms with van der Waals surface area (Å²) < 4.78 is 13.4. The molecule has 2 heterocycles. The van der Waals surface area contributed by atoms with Gasteiger partial charge in [-0.3, -0.25) is 9.69 Å². The SMILES string of the molecule is O=C1c2ccccc2[C@@H](Nc2ccc(F)c(Cl)c2)N1c1ccc(Cl)cn1. The third kappa shape index (κ3) is 2.89. The summed E-state index contributed by atoms with van der Waals surface area (Å²) in [5.74, 6) is -0.223. The molecule has 4 nitrogen and oxygen atoms in total. The van der Waals surface area contributed by atoms with Crippen LogP contribution in [0.1, 0.15) is 22.1 Å². The molecular weight excluding hydrogens is 376 g/mol. The molecule has 0 unspecified atom stereocenters. The van der Waals surface area contributed by atoms with Crippen molar-refractivity contribution in [3.63, 3.8) is 0 Å². The van der Waals surface area contributed by atoms with Crippen molar-refractivity contribution in [1.82, 2.24) is 4.98 Å². The number of nitrogens with zero attached hydrogens (tertiary/aromatic N) is 2. The predicted molar refractivity (Wildman–Crippen MR) is 100 cm³/mol. The number of benzene rings is 2. The van der Waals surface area contributed by atoms with E-state index in [-0.39, 0.29) is 10.9 Å². The standard InChI is InChI=1S/C19H12Cl2FN3O/c20-11-5-8-17(23-10-11)25-18(13-3-1-2-4-14(13)19(25)26)24-12-6-7-16(22)15(21)9-12/h1-10,18,24H/t18-/m0/s1. The zero-order chi connectivity index (χ0) is 18.3. The third-order valence-electron chi connectivity index (χ3n) is 4.14. The second-order valence-electron chi connectivity index (χ2n) is 5.77. The Hall–Kier alpha value is -2.63. The summed E-state index contributed by atoms with van der Waals surface area (Å²) in [6, 6.07) is 15.0. The molecule has 1 aromatic heterocycles. The molecule has 0 aliphatic carbocycles. The number of anilines is 2. The number of carbonyl (C=O) groups is 1. The quantitative estimate of drug-likeness (QED) is 0.663. The van der Waals surface area contributed by atoms with E-state index in [1.807, 2.05) is 12.1 Å². The van der Waals surface area contributed by atoms with Gasteiger partial charge in [-0.2, -0.15) is 0 Å². The number of carbonyl (C=O) groups excluding carboxylic acids is 1. The van der Waals surface area contributed by atoms with Crippen molar-refractivity contribution in [1.29, 1.82) is 0 Å². The minimum absolute atomic E-state index is 0.00350. The number of hydrogen-bond acceptors (Lipinski definition) is 3. The van der Waals surface area contributed by atoms with Crippen LogP contribution in [0.4, 0.5) is 15.9 Å². The number of halogens is 3. The smallest absolute Gasteiger partial charge is 0.261 e. The largest absolute Gasteiger partial charge is 0.361 e. The number of amides is 1. The van der Waals surface area contributed by atoms with Gasteiger partial charge >= 0.3 is 0 Å². The number of nitrogens with one attached hydrogen (secondary N) is 1. The molecule has 0 radical (unpaired) electrons. The topological polar surface area (TPSA) is 45.2 Å². The molecule has 1 N–H and O–H groups in total. The fraction of sp³-hybridized carbons (Fsp3) is 0.0526. The van der Waals surface area contributed by atoms with E-state index in [4.69, 9.17) is 23.2 Å². The maximum absolute atomic E-state index is 13.4. The van der Waals surface area contributed by atoms with Gasteiger partial charge < -0.3 is 5.32 Å². The van der Waals surface area contributed by atoms with E-state index < -0.39 is 12.0 Å². The van der Waals surface area contributed by atoms with Gasteiger partial charge in [0.05, 0.1) is 10.0 Å². The van der Waals surface area contributed by atoms with Gasteiger partial charge in [-0.15, -0.1) is 0 Å². The van der Waals surface area contributed by atoms with Crippen molar-refractivity contribution in [2.75, 3.05) is 10.2 Å². The average Bonchev–Trinajstić information content (AvgIpc) is 2.92. The molecular formula is C19H12Cl2FN3O. The fourth-order valence-electron chi connectivity index (χ4n) is 2.95. The molecule has 0 saturated carbocycles. The Kier molecular flexibility index (Phi) is 4.26. The van der Waals surface area contributed by atoms with Crippen molar-refractivity contribution >= 4 is 40.6 Å². The van der Waals surface area contributed by atoms with Crippen LogP contribution in [0.15, 0.2) is 60.8 Å². The summed E-state index contributed by atoms with van der Waals surface area (Å²) in [6.07, 6.45) is 0.979. The Morgan fingerprint density at radius 2 is 1.88 bits per heavy atom. The lowest BCUT2D eigenvalue weighted by Crippen LogP contribution is -2.32. The second kappa shape index (κ2) is 6.59. The van der Waals surface area contributed by atoms with E-state index in [0.717, 1.165) is 5.56 Å². The zero-order valence-electron chi connectivity index (χ0n) is 13.3. The normalized spacial score (nSPS) is 15.9. The first-order valence-corrected chi connectivity index (χ1v) is 8.56. The molecule has 0 fully saturated rings. The molecule has 7 heteroatoms. The van der Waals surface area contributed by atoms with Crippen molar-refractivity contribution in [3.8, 4) is 0 Å². The van der Waals surface area contributed by atoms with E-state index in [1.54, 1.807) is 30.3 Å². The summed E-state index contributed by atoms with van der Waals surface area (Å²) >= 11 is 11.8. The van der Waals surface area contributed by atoms with E-state index in [9.17, 15) is 9.18 Å². The van der Waals surface area contributed by atoms with Crippen LogP contribution in [0.2, 0.25) is 10.0 Å². The van der Waals surface area contributed by atoms with E-state index >= 15 is 0 Å². The lowest BCUT2D eigenvalue weighted by Gasteiger charge is -2.26. The summed E-state index contributed by atoms with van der Waals surface area (Å²) in [7, 11) is 0. The summed E-state index contributed by atoms with van der Waals surface area (Å²) in [6.45, 7) is 0. The van der Waals surface area contributed by atoms with Crippen LogP contribution < -0.4 is 10.2 Å². The van der Waals surface area contributed by atoms with Crippen molar-refractivity contribution in [2.24, 2.45) is 0 Å². The van der Waals surface area contributed by atoms with Crippen LogP contribution in [0.3, 0.4) is 0 Å². The summed E-state index contributed by atoms with van der Waals surface area (Å²) in [5, 5.41) is 3.72. The molecule has 0 spiro atoms. The van der Waals surface area contributed by atoms with Gasteiger partial charge in [0.1, 0.15) is 17.8 Å². The molecule has 1 aliphatic rings. The fourth-order valence-corrected chi connectivity index (χ4v) is 3.24. The first kappa shape index (κ1) is 16.8. The molecule has 4 rings (SSSR count). The average molecular weight is 388 g/mol. The monoisotopic (exact) mass is 387 g/mol. The Labute approximate surface area is 159 Å². The van der Waals surface area contributed by atoms with E-state index in [1.165, 1.54) is 23.2 Å². The van der Waals surface area contributed by atoms with Crippen LogP contribution in [0, 0.1) is 5.82 Å². The first-order chi connectivity index (χ1) is 12.5. The van der Waals surface area contributed by atoms with Crippen LogP contribution in [-0.2, 0) is 0 Å². The molecule has 26 heavy (non-hydrogen) atoms.